The Labute approximate surface area is 234 Å². The van der Waals surface area contributed by atoms with E-state index < -0.39 is 0 Å². The van der Waals surface area contributed by atoms with Crippen LogP contribution in [0.2, 0.25) is 0 Å². The molecule has 0 spiro atoms. The quantitative estimate of drug-likeness (QED) is 0.487. The molecule has 5 rings (SSSR count). The first-order valence-electron chi connectivity index (χ1n) is 13.7. The largest absolute Gasteiger partial charge is 0.497 e. The van der Waals surface area contributed by atoms with Crippen molar-refractivity contribution in [3.05, 3.63) is 51.8 Å². The first kappa shape index (κ1) is 27.3. The normalized spacial score (nSPS) is 15.7. The summed E-state index contributed by atoms with van der Waals surface area (Å²) < 4.78 is 7.28. The van der Waals surface area contributed by atoms with Crippen molar-refractivity contribution < 1.29 is 14.6 Å². The Kier molecular flexibility index (Phi) is 7.59. The Morgan fingerprint density at radius 2 is 1.80 bits per heavy atom. The smallest absolute Gasteiger partial charge is 0.253 e. The van der Waals surface area contributed by atoms with Gasteiger partial charge < -0.3 is 34.4 Å². The molecule has 2 aliphatic heterocycles. The molecule has 1 saturated heterocycles. The van der Waals surface area contributed by atoms with Crippen molar-refractivity contribution in [1.29, 1.82) is 5.26 Å². The van der Waals surface area contributed by atoms with Crippen LogP contribution in [-0.4, -0.2) is 69.1 Å². The molecule has 0 radical (unpaired) electrons. The molecule has 1 fully saturated rings. The predicted molar refractivity (Wildman–Crippen MR) is 157 cm³/mol. The van der Waals surface area contributed by atoms with Crippen molar-refractivity contribution in [2.45, 2.75) is 19.8 Å². The van der Waals surface area contributed by atoms with Crippen molar-refractivity contribution in [2.75, 3.05) is 68.2 Å². The number of methoxy groups -OCH3 is 1. The molecule has 0 unspecified atom stereocenters. The van der Waals surface area contributed by atoms with Gasteiger partial charge in [0.1, 0.15) is 11.8 Å². The van der Waals surface area contributed by atoms with Crippen LogP contribution in [0.25, 0.3) is 10.9 Å². The van der Waals surface area contributed by atoms with E-state index in [-0.39, 0.29) is 30.5 Å². The Hall–Kier alpha value is -4.23. The second-order valence-electron chi connectivity index (χ2n) is 10.6. The van der Waals surface area contributed by atoms with Crippen LogP contribution < -0.4 is 30.3 Å². The molecular weight excluding hydrogens is 508 g/mol. The van der Waals surface area contributed by atoms with E-state index in [1.165, 1.54) is 0 Å². The number of aromatic nitrogens is 1. The Morgan fingerprint density at radius 3 is 2.48 bits per heavy atom. The summed E-state index contributed by atoms with van der Waals surface area (Å²) in [6.45, 7) is 4.84. The van der Waals surface area contributed by atoms with Crippen molar-refractivity contribution in [1.82, 2.24) is 9.88 Å². The van der Waals surface area contributed by atoms with Crippen molar-refractivity contribution >= 4 is 39.6 Å². The average Bonchev–Trinajstić information content (AvgIpc) is 2.98. The zero-order chi connectivity index (χ0) is 28.6. The lowest BCUT2D eigenvalue weighted by molar-refractivity contribution is -0.125. The van der Waals surface area contributed by atoms with Crippen LogP contribution in [0.5, 0.6) is 5.75 Å². The monoisotopic (exact) mass is 544 g/mol. The highest BCUT2D eigenvalue weighted by Gasteiger charge is 2.30. The predicted octanol–water partition coefficient (Wildman–Crippen LogP) is 2.64. The maximum atomic E-state index is 12.7. The van der Waals surface area contributed by atoms with Crippen LogP contribution in [0, 0.1) is 24.2 Å². The first-order valence-corrected chi connectivity index (χ1v) is 13.7. The number of amides is 1. The number of fused-ring (bicyclic) bond motifs is 2. The van der Waals surface area contributed by atoms with E-state index in [9.17, 15) is 14.9 Å². The minimum Gasteiger partial charge on any atom is -0.497 e. The average molecular weight is 545 g/mol. The summed E-state index contributed by atoms with van der Waals surface area (Å²) in [5.41, 5.74) is 5.72. The number of carbonyl (C=O) groups excluding carboxylic acids is 1. The molecule has 10 heteroatoms. The van der Waals surface area contributed by atoms with E-state index in [1.54, 1.807) is 18.7 Å². The van der Waals surface area contributed by atoms with Gasteiger partial charge >= 0.3 is 0 Å². The lowest BCUT2D eigenvalue weighted by atomic mass is 9.94. The second kappa shape index (κ2) is 11.1. The molecule has 1 amide bonds. The number of aryl methyl sites for hydroxylation is 2. The van der Waals surface area contributed by atoms with Crippen LogP contribution in [0.3, 0.4) is 0 Å². The molecule has 0 aliphatic carbocycles. The van der Waals surface area contributed by atoms with Gasteiger partial charge in [-0.1, -0.05) is 0 Å². The Bertz CT molecular complexity index is 1550. The van der Waals surface area contributed by atoms with Crippen molar-refractivity contribution in [3.8, 4) is 11.8 Å². The topological polar surface area (TPSA) is 114 Å². The number of carbonyl (C=O) groups is 1. The van der Waals surface area contributed by atoms with Crippen LogP contribution in [-0.2, 0) is 11.8 Å². The molecule has 2 N–H and O–H groups in total. The number of likely N-dealkylation sites (N-methyl/N-ethyl adjacent to an activating group) is 1. The van der Waals surface area contributed by atoms with Gasteiger partial charge in [0.2, 0.25) is 5.91 Å². The highest BCUT2D eigenvalue weighted by atomic mass is 16.5. The Balaban J connectivity index is 1.55. The summed E-state index contributed by atoms with van der Waals surface area (Å²) in [7, 11) is 5.45. The molecule has 1 aromatic heterocycles. The zero-order valence-electron chi connectivity index (χ0n) is 23.5. The molecule has 2 aromatic carbocycles. The highest BCUT2D eigenvalue weighted by molar-refractivity contribution is 5.98. The van der Waals surface area contributed by atoms with Gasteiger partial charge in [-0.2, -0.15) is 5.26 Å². The van der Waals surface area contributed by atoms with Gasteiger partial charge in [-0.15, -0.1) is 0 Å². The Morgan fingerprint density at radius 1 is 1.05 bits per heavy atom. The zero-order valence-corrected chi connectivity index (χ0v) is 23.5. The summed E-state index contributed by atoms with van der Waals surface area (Å²) >= 11 is 0. The number of piperidine rings is 1. The molecule has 210 valence electrons. The fraction of sp³-hybridized carbons (Fsp3) is 0.433. The number of hydrogen-bond acceptors (Lipinski definition) is 8. The van der Waals surface area contributed by atoms with Crippen LogP contribution in [0.4, 0.5) is 22.7 Å². The molecule has 0 saturated carbocycles. The summed E-state index contributed by atoms with van der Waals surface area (Å²) in [6, 6.07) is 12.3. The fourth-order valence-corrected chi connectivity index (χ4v) is 5.90. The third kappa shape index (κ3) is 4.82. The van der Waals surface area contributed by atoms with Gasteiger partial charge in [-0.25, -0.2) is 0 Å². The summed E-state index contributed by atoms with van der Waals surface area (Å²) in [4.78, 5) is 31.7. The fourth-order valence-electron chi connectivity index (χ4n) is 5.90. The number of pyridine rings is 1. The number of aliphatic hydroxyl groups excluding tert-OH is 1. The SMILES string of the molecule is COc1cc(N2CCN(C)c3cc(N4CCC(C(=O)NCCO)CC4)c(C#N)cc32)c2cc(C)c(=O)n(C)c2c1. The summed E-state index contributed by atoms with van der Waals surface area (Å²) in [5, 5.41) is 22.9. The standard InChI is InChI=1S/C30H36N6O4/c1-19-13-23-25(34(3)30(19)39)15-22(40-4)16-26(23)36-11-10-33(2)27-17-24(21(18-31)14-28(27)36)35-8-5-20(6-9-35)29(38)32-7-12-37/h13-17,20,37H,5-12H2,1-4H3,(H,32,38). The van der Waals surface area contributed by atoms with Gasteiger partial charge in [0.05, 0.1) is 47.5 Å². The van der Waals surface area contributed by atoms with Gasteiger partial charge in [0.25, 0.3) is 5.56 Å². The number of hydrogen-bond donors (Lipinski definition) is 2. The van der Waals surface area contributed by atoms with E-state index >= 15 is 0 Å². The van der Waals surface area contributed by atoms with Gasteiger partial charge in [0.15, 0.2) is 0 Å². The van der Waals surface area contributed by atoms with Crippen molar-refractivity contribution in [2.24, 2.45) is 13.0 Å². The van der Waals surface area contributed by atoms with Crippen LogP contribution in [0.1, 0.15) is 24.0 Å². The maximum absolute atomic E-state index is 12.7. The molecule has 3 aromatic rings. The third-order valence-electron chi connectivity index (χ3n) is 8.19. The molecule has 0 atom stereocenters. The van der Waals surface area contributed by atoms with Crippen LogP contribution >= 0.6 is 0 Å². The molecule has 40 heavy (non-hydrogen) atoms. The summed E-state index contributed by atoms with van der Waals surface area (Å²) in [6.07, 6.45) is 1.38. The number of rotatable bonds is 6. The highest BCUT2D eigenvalue weighted by Crippen LogP contribution is 2.44. The second-order valence-corrected chi connectivity index (χ2v) is 10.6. The van der Waals surface area contributed by atoms with Gasteiger partial charge in [-0.3, -0.25) is 9.59 Å². The number of aliphatic hydroxyl groups is 1. The van der Waals surface area contributed by atoms with Gasteiger partial charge in [-0.05, 0) is 38.0 Å². The van der Waals surface area contributed by atoms with E-state index in [4.69, 9.17) is 9.84 Å². The third-order valence-corrected chi connectivity index (χ3v) is 8.19. The molecular formula is C30H36N6O4. The number of benzene rings is 2. The molecule has 10 nitrogen and oxygen atoms in total. The molecule has 3 heterocycles. The van der Waals surface area contributed by atoms with E-state index in [0.717, 1.165) is 40.2 Å². The molecule has 0 bridgehead atoms. The number of nitrogens with zero attached hydrogens (tertiary/aromatic N) is 5. The van der Waals surface area contributed by atoms with Crippen molar-refractivity contribution in [3.63, 3.8) is 0 Å². The lowest BCUT2D eigenvalue weighted by Gasteiger charge is -2.40. The maximum Gasteiger partial charge on any atom is 0.253 e. The number of nitrogens with one attached hydrogen (secondary N) is 1. The molecule has 2 aliphatic rings. The minimum atomic E-state index is -0.0927. The first-order chi connectivity index (χ1) is 19.3. The summed E-state index contributed by atoms with van der Waals surface area (Å²) in [5.74, 6) is 0.544. The minimum absolute atomic E-state index is 0.0201. The van der Waals surface area contributed by atoms with E-state index in [1.807, 2.05) is 31.2 Å². The number of nitriles is 1. The number of ether oxygens (including phenoxy) is 1. The number of anilines is 4. The van der Waals surface area contributed by atoms with Crippen LogP contribution in [0.15, 0.2) is 35.1 Å². The van der Waals surface area contributed by atoms with E-state index in [2.05, 4.69) is 39.2 Å². The lowest BCUT2D eigenvalue weighted by Crippen LogP contribution is -2.42. The van der Waals surface area contributed by atoms with Gasteiger partial charge in [0, 0.05) is 75.8 Å². The van der Waals surface area contributed by atoms with E-state index in [0.29, 0.717) is 49.4 Å².